The van der Waals surface area contributed by atoms with Crippen molar-refractivity contribution in [2.45, 2.75) is 13.8 Å². The van der Waals surface area contributed by atoms with Gasteiger partial charge in [-0.25, -0.2) is 4.98 Å². The summed E-state index contributed by atoms with van der Waals surface area (Å²) < 4.78 is 6.50. The molecule has 3 nitrogen and oxygen atoms in total. The SMILES string of the molecule is Cc1ccc(N(c2ccc(C)cc2)c2ccc(-c3nc4ccccc4c4c3ccc3c5ccccc5oc34)cc2)cc1. The monoisotopic (exact) mass is 540 g/mol. The maximum atomic E-state index is 6.50. The molecule has 0 fully saturated rings. The van der Waals surface area contributed by atoms with Gasteiger partial charge in [-0.15, -0.1) is 0 Å². The van der Waals surface area contributed by atoms with Crippen molar-refractivity contribution in [1.29, 1.82) is 0 Å². The van der Waals surface area contributed by atoms with Crippen molar-refractivity contribution in [2.75, 3.05) is 4.90 Å². The number of aromatic nitrogens is 1. The lowest BCUT2D eigenvalue weighted by Gasteiger charge is -2.26. The van der Waals surface area contributed by atoms with Gasteiger partial charge < -0.3 is 9.32 Å². The number of anilines is 3. The molecular weight excluding hydrogens is 512 g/mol. The van der Waals surface area contributed by atoms with Crippen LogP contribution < -0.4 is 4.90 Å². The number of para-hydroxylation sites is 2. The maximum absolute atomic E-state index is 6.50. The third-order valence-corrected chi connectivity index (χ3v) is 8.19. The lowest BCUT2D eigenvalue weighted by molar-refractivity contribution is 0.673. The van der Waals surface area contributed by atoms with Gasteiger partial charge in [-0.2, -0.15) is 0 Å². The zero-order valence-electron chi connectivity index (χ0n) is 23.5. The van der Waals surface area contributed by atoms with E-state index in [0.717, 1.165) is 71.9 Å². The number of nitrogens with zero attached hydrogens (tertiary/aromatic N) is 2. The summed E-state index contributed by atoms with van der Waals surface area (Å²) in [6, 6.07) is 47.1. The number of fused-ring (bicyclic) bond motifs is 7. The first-order chi connectivity index (χ1) is 20.6. The topological polar surface area (TPSA) is 29.3 Å². The Labute approximate surface area is 244 Å². The van der Waals surface area contributed by atoms with Gasteiger partial charge in [0.2, 0.25) is 0 Å². The van der Waals surface area contributed by atoms with Crippen LogP contribution in [0.1, 0.15) is 11.1 Å². The van der Waals surface area contributed by atoms with Gasteiger partial charge in [-0.3, -0.25) is 0 Å². The molecule has 3 heteroatoms. The summed E-state index contributed by atoms with van der Waals surface area (Å²) in [6.07, 6.45) is 0. The number of furan rings is 1. The molecule has 0 aliphatic rings. The van der Waals surface area contributed by atoms with Crippen LogP contribution in [0.15, 0.2) is 138 Å². The van der Waals surface area contributed by atoms with Crippen molar-refractivity contribution in [3.63, 3.8) is 0 Å². The number of rotatable bonds is 4. The highest BCUT2D eigenvalue weighted by atomic mass is 16.3. The third kappa shape index (κ3) is 3.93. The fourth-order valence-electron chi connectivity index (χ4n) is 6.04. The standard InChI is InChI=1S/C39H28N2O/c1-25-11-17-28(18-12-25)41(29-19-13-26(2)14-20-29)30-21-15-27(16-22-30)38-34-24-23-32-31-7-4-6-10-36(31)42-39(32)37(34)33-8-3-5-9-35(33)40-38/h3-24H,1-2H3. The normalized spacial score (nSPS) is 11.6. The minimum Gasteiger partial charge on any atom is -0.455 e. The van der Waals surface area contributed by atoms with Gasteiger partial charge >= 0.3 is 0 Å². The van der Waals surface area contributed by atoms with E-state index in [1.165, 1.54) is 11.1 Å². The van der Waals surface area contributed by atoms with Gasteiger partial charge in [-0.05, 0) is 68.4 Å². The van der Waals surface area contributed by atoms with Crippen LogP contribution in [0.3, 0.4) is 0 Å². The van der Waals surface area contributed by atoms with E-state index in [4.69, 9.17) is 9.40 Å². The quantitative estimate of drug-likeness (QED) is 0.208. The van der Waals surface area contributed by atoms with Crippen molar-refractivity contribution in [3.05, 3.63) is 145 Å². The Bertz CT molecular complexity index is 2200. The summed E-state index contributed by atoms with van der Waals surface area (Å²) in [4.78, 5) is 7.49. The van der Waals surface area contributed by atoms with Gasteiger partial charge in [0.25, 0.3) is 0 Å². The van der Waals surface area contributed by atoms with Crippen LogP contribution in [0.2, 0.25) is 0 Å². The molecule has 2 heterocycles. The second kappa shape index (κ2) is 9.60. The van der Waals surface area contributed by atoms with Crippen LogP contribution in [0.4, 0.5) is 17.1 Å². The van der Waals surface area contributed by atoms with E-state index < -0.39 is 0 Å². The summed E-state index contributed by atoms with van der Waals surface area (Å²) >= 11 is 0. The van der Waals surface area contributed by atoms with Crippen molar-refractivity contribution in [3.8, 4) is 11.3 Å². The van der Waals surface area contributed by atoms with E-state index in [9.17, 15) is 0 Å². The molecule has 200 valence electrons. The predicted molar refractivity (Wildman–Crippen MR) is 176 cm³/mol. The number of benzene rings is 6. The molecule has 0 aliphatic heterocycles. The lowest BCUT2D eigenvalue weighted by atomic mass is 9.97. The highest BCUT2D eigenvalue weighted by Crippen LogP contribution is 2.41. The molecule has 6 aromatic carbocycles. The third-order valence-electron chi connectivity index (χ3n) is 8.19. The van der Waals surface area contributed by atoms with E-state index in [2.05, 4.69) is 134 Å². The molecule has 0 N–H and O–H groups in total. The molecule has 0 atom stereocenters. The van der Waals surface area contributed by atoms with Gasteiger partial charge in [0, 0.05) is 49.6 Å². The summed E-state index contributed by atoms with van der Waals surface area (Å²) in [5.74, 6) is 0. The summed E-state index contributed by atoms with van der Waals surface area (Å²) in [5, 5.41) is 5.55. The zero-order valence-corrected chi connectivity index (χ0v) is 23.5. The van der Waals surface area contributed by atoms with Crippen LogP contribution in [0, 0.1) is 13.8 Å². The highest BCUT2D eigenvalue weighted by Gasteiger charge is 2.18. The Morgan fingerprint density at radius 3 is 1.71 bits per heavy atom. The van der Waals surface area contributed by atoms with Crippen molar-refractivity contribution >= 4 is 60.7 Å². The minimum absolute atomic E-state index is 0.902. The Morgan fingerprint density at radius 2 is 1.05 bits per heavy atom. The molecule has 0 radical (unpaired) electrons. The molecule has 0 amide bonds. The molecule has 0 saturated carbocycles. The van der Waals surface area contributed by atoms with Gasteiger partial charge in [0.1, 0.15) is 11.2 Å². The fraction of sp³-hybridized carbons (Fsp3) is 0.0513. The van der Waals surface area contributed by atoms with Crippen molar-refractivity contribution < 1.29 is 4.42 Å². The first kappa shape index (κ1) is 24.4. The maximum Gasteiger partial charge on any atom is 0.144 e. The highest BCUT2D eigenvalue weighted by molar-refractivity contribution is 6.24. The van der Waals surface area contributed by atoms with E-state index in [0.29, 0.717) is 0 Å². The van der Waals surface area contributed by atoms with Crippen LogP contribution >= 0.6 is 0 Å². The molecule has 8 aromatic rings. The second-order valence-corrected chi connectivity index (χ2v) is 11.0. The van der Waals surface area contributed by atoms with Gasteiger partial charge in [-0.1, -0.05) is 90.0 Å². The molecule has 8 rings (SSSR count). The van der Waals surface area contributed by atoms with Crippen LogP contribution in [0.25, 0.3) is 54.9 Å². The van der Waals surface area contributed by atoms with E-state index in [1.54, 1.807) is 0 Å². The molecule has 0 aliphatic carbocycles. The van der Waals surface area contributed by atoms with Crippen LogP contribution in [0.5, 0.6) is 0 Å². The second-order valence-electron chi connectivity index (χ2n) is 11.0. The Morgan fingerprint density at radius 1 is 0.500 bits per heavy atom. The van der Waals surface area contributed by atoms with Crippen molar-refractivity contribution in [2.24, 2.45) is 0 Å². The smallest absolute Gasteiger partial charge is 0.144 e. The molecule has 2 aromatic heterocycles. The number of aryl methyl sites for hydroxylation is 2. The van der Waals surface area contributed by atoms with Crippen LogP contribution in [-0.2, 0) is 0 Å². The number of hydrogen-bond acceptors (Lipinski definition) is 3. The molecule has 42 heavy (non-hydrogen) atoms. The van der Waals surface area contributed by atoms with Crippen LogP contribution in [-0.4, -0.2) is 4.98 Å². The van der Waals surface area contributed by atoms with Gasteiger partial charge in [0.15, 0.2) is 0 Å². The predicted octanol–water partition coefficient (Wildman–Crippen LogP) is 11.0. The molecular formula is C39H28N2O. The Kier molecular flexibility index (Phi) is 5.58. The summed E-state index contributed by atoms with van der Waals surface area (Å²) in [7, 11) is 0. The first-order valence-electron chi connectivity index (χ1n) is 14.3. The summed E-state index contributed by atoms with van der Waals surface area (Å²) in [5.41, 5.74) is 10.6. The number of pyridine rings is 1. The average Bonchev–Trinajstić information content (AvgIpc) is 3.42. The Balaban J connectivity index is 1.32. The number of hydrogen-bond donors (Lipinski definition) is 0. The minimum atomic E-state index is 0.902. The zero-order chi connectivity index (χ0) is 28.2. The largest absolute Gasteiger partial charge is 0.455 e. The lowest BCUT2D eigenvalue weighted by Crippen LogP contribution is -2.09. The van der Waals surface area contributed by atoms with Crippen molar-refractivity contribution in [1.82, 2.24) is 4.98 Å². The van der Waals surface area contributed by atoms with Gasteiger partial charge in [0.05, 0.1) is 11.2 Å². The molecule has 0 saturated heterocycles. The fourth-order valence-corrected chi connectivity index (χ4v) is 6.04. The Hall–Kier alpha value is -5.41. The average molecular weight is 541 g/mol. The summed E-state index contributed by atoms with van der Waals surface area (Å²) in [6.45, 7) is 4.24. The van der Waals surface area contributed by atoms with E-state index in [-0.39, 0.29) is 0 Å². The first-order valence-corrected chi connectivity index (χ1v) is 14.3. The molecule has 0 bridgehead atoms. The molecule has 0 unspecified atom stereocenters. The molecule has 0 spiro atoms. The van der Waals surface area contributed by atoms with E-state index >= 15 is 0 Å². The van der Waals surface area contributed by atoms with E-state index in [1.807, 2.05) is 18.2 Å².